The van der Waals surface area contributed by atoms with E-state index in [1.165, 1.54) is 0 Å². The minimum atomic E-state index is -1.23. The topological polar surface area (TPSA) is 127 Å². The third kappa shape index (κ3) is 2.58. The van der Waals surface area contributed by atoms with Gasteiger partial charge in [0.25, 0.3) is 0 Å². The number of hydrogen-bond acceptors (Lipinski definition) is 6. The lowest BCUT2D eigenvalue weighted by Crippen LogP contribution is -2.55. The number of rotatable bonds is 6. The van der Waals surface area contributed by atoms with Gasteiger partial charge in [-0.3, -0.25) is 14.4 Å². The van der Waals surface area contributed by atoms with Crippen molar-refractivity contribution in [3.05, 3.63) is 30.9 Å². The molecule has 9 heteroatoms. The maximum absolute atomic E-state index is 11.6. The lowest BCUT2D eigenvalue weighted by Gasteiger charge is -2.19. The Morgan fingerprint density at radius 1 is 0.722 bits per heavy atom. The van der Waals surface area contributed by atoms with Crippen LogP contribution in [-0.2, 0) is 19.6 Å². The minimum Gasteiger partial charge on any atom is -0.394 e. The molecule has 1 aromatic rings. The van der Waals surface area contributed by atoms with Crippen molar-refractivity contribution in [3.63, 3.8) is 0 Å². The van der Waals surface area contributed by atoms with Crippen LogP contribution < -0.4 is 16.5 Å². The molecule has 0 radical (unpaired) electrons. The Labute approximate surface area is 101 Å². The summed E-state index contributed by atoms with van der Waals surface area (Å²) in [6.45, 7) is -1.63. The predicted molar refractivity (Wildman–Crippen MR) is 60.5 cm³/mol. The second kappa shape index (κ2) is 6.28. The van der Waals surface area contributed by atoms with Crippen LogP contribution in [0.15, 0.2) is 14.4 Å². The summed E-state index contributed by atoms with van der Waals surface area (Å²) in [7, 11) is 0. The lowest BCUT2D eigenvalue weighted by atomic mass is 10.5. The summed E-state index contributed by atoms with van der Waals surface area (Å²) in [6, 6.07) is 0. The van der Waals surface area contributed by atoms with Crippen LogP contribution >= 0.6 is 0 Å². The Kier molecular flexibility index (Phi) is 5.01. The summed E-state index contributed by atoms with van der Waals surface area (Å²) >= 11 is 0. The van der Waals surface area contributed by atoms with E-state index in [4.69, 9.17) is 15.3 Å². The standard InChI is InChI=1S/C9H15N3O6/c13-4-1-10-8(17)7(16)9(18)11(2-5-14)12(10)3-6-15/h13-15H,1-6H2. The van der Waals surface area contributed by atoms with Crippen LogP contribution in [0.5, 0.6) is 0 Å². The molecule has 3 N–H and O–H groups in total. The summed E-state index contributed by atoms with van der Waals surface area (Å²) in [4.78, 5) is 35.6. The Hall–Kier alpha value is -1.71. The van der Waals surface area contributed by atoms with Gasteiger partial charge in [-0.2, -0.15) is 0 Å². The smallest absolute Gasteiger partial charge is 0.320 e. The normalized spacial score (nSPS) is 10.8. The molecule has 102 valence electrons. The van der Waals surface area contributed by atoms with Gasteiger partial charge < -0.3 is 15.3 Å². The molecule has 0 atom stereocenters. The Morgan fingerprint density at radius 2 is 1.11 bits per heavy atom. The monoisotopic (exact) mass is 261 g/mol. The largest absolute Gasteiger partial charge is 0.394 e. The van der Waals surface area contributed by atoms with Gasteiger partial charge in [-0.25, -0.2) is 14.2 Å². The highest BCUT2D eigenvalue weighted by atomic mass is 16.3. The molecule has 0 unspecified atom stereocenters. The average molecular weight is 261 g/mol. The van der Waals surface area contributed by atoms with E-state index in [0.29, 0.717) is 0 Å². The van der Waals surface area contributed by atoms with Crippen LogP contribution in [0.3, 0.4) is 0 Å². The number of aromatic nitrogens is 3. The van der Waals surface area contributed by atoms with Crippen LogP contribution in [0.25, 0.3) is 0 Å². The molecule has 0 spiro atoms. The number of aliphatic hydroxyl groups is 3. The van der Waals surface area contributed by atoms with Gasteiger partial charge in [0, 0.05) is 0 Å². The van der Waals surface area contributed by atoms with Gasteiger partial charge in [-0.05, 0) is 0 Å². The van der Waals surface area contributed by atoms with Gasteiger partial charge in [0.2, 0.25) is 0 Å². The van der Waals surface area contributed by atoms with Crippen molar-refractivity contribution in [2.75, 3.05) is 19.8 Å². The Bertz CT molecular complexity index is 525. The van der Waals surface area contributed by atoms with Crippen molar-refractivity contribution in [2.24, 2.45) is 0 Å². The molecule has 18 heavy (non-hydrogen) atoms. The summed E-state index contributed by atoms with van der Waals surface area (Å²) in [5.74, 6) is 0. The molecule has 0 fully saturated rings. The van der Waals surface area contributed by atoms with E-state index < -0.39 is 29.8 Å². The van der Waals surface area contributed by atoms with Crippen molar-refractivity contribution >= 4 is 0 Å². The maximum atomic E-state index is 11.6. The first kappa shape index (κ1) is 14.4. The number of nitrogens with zero attached hydrogens (tertiary/aromatic N) is 3. The molecule has 1 heterocycles. The second-order valence-electron chi connectivity index (χ2n) is 3.45. The van der Waals surface area contributed by atoms with E-state index in [1.807, 2.05) is 0 Å². The predicted octanol–water partition coefficient (Wildman–Crippen LogP) is -3.85. The zero-order chi connectivity index (χ0) is 13.7. The first-order valence-corrected chi connectivity index (χ1v) is 5.36. The van der Waals surface area contributed by atoms with E-state index in [1.54, 1.807) is 0 Å². The highest BCUT2D eigenvalue weighted by Gasteiger charge is 2.14. The van der Waals surface area contributed by atoms with E-state index in [-0.39, 0.29) is 26.2 Å². The van der Waals surface area contributed by atoms with Crippen molar-refractivity contribution in [3.8, 4) is 0 Å². The zero-order valence-corrected chi connectivity index (χ0v) is 9.65. The van der Waals surface area contributed by atoms with Gasteiger partial charge in [-0.1, -0.05) is 0 Å². The SMILES string of the molecule is O=c1c(=O)n(CCO)n(CCO)n(CCO)c1=O. The summed E-state index contributed by atoms with van der Waals surface area (Å²) in [5.41, 5.74) is -3.35. The lowest BCUT2D eigenvalue weighted by molar-refractivity contribution is 0.169. The van der Waals surface area contributed by atoms with Crippen LogP contribution in [0.4, 0.5) is 0 Å². The number of aliphatic hydroxyl groups excluding tert-OH is 3. The summed E-state index contributed by atoms with van der Waals surface area (Å²) in [5, 5.41) is 26.6. The molecule has 1 rings (SSSR count). The average Bonchev–Trinajstić information content (AvgIpc) is 2.36. The molecule has 0 amide bonds. The highest BCUT2D eigenvalue weighted by Crippen LogP contribution is 1.84. The molecule has 0 saturated carbocycles. The molecule has 9 nitrogen and oxygen atoms in total. The molecule has 0 aliphatic rings. The van der Waals surface area contributed by atoms with E-state index in [0.717, 1.165) is 14.2 Å². The van der Waals surface area contributed by atoms with Crippen molar-refractivity contribution in [1.29, 1.82) is 0 Å². The van der Waals surface area contributed by atoms with Gasteiger partial charge in [0.1, 0.15) is 0 Å². The maximum Gasteiger partial charge on any atom is 0.320 e. The van der Waals surface area contributed by atoms with Crippen molar-refractivity contribution < 1.29 is 15.3 Å². The Balaban J connectivity index is 3.63. The summed E-state index contributed by atoms with van der Waals surface area (Å²) in [6.07, 6.45) is 0. The van der Waals surface area contributed by atoms with Crippen LogP contribution in [0, 0.1) is 0 Å². The van der Waals surface area contributed by atoms with Crippen LogP contribution in [0.1, 0.15) is 0 Å². The molecular weight excluding hydrogens is 246 g/mol. The zero-order valence-electron chi connectivity index (χ0n) is 9.65. The fraction of sp³-hybridized carbons (Fsp3) is 0.667. The Morgan fingerprint density at radius 3 is 1.44 bits per heavy atom. The number of hydrogen-bond donors (Lipinski definition) is 3. The van der Waals surface area contributed by atoms with Crippen LogP contribution in [0.2, 0.25) is 0 Å². The molecule has 0 bridgehead atoms. The van der Waals surface area contributed by atoms with Gasteiger partial charge >= 0.3 is 16.5 Å². The van der Waals surface area contributed by atoms with Gasteiger partial charge in [-0.15, -0.1) is 0 Å². The van der Waals surface area contributed by atoms with Crippen molar-refractivity contribution in [1.82, 2.24) is 14.2 Å². The molecule has 0 aromatic carbocycles. The summed E-state index contributed by atoms with van der Waals surface area (Å²) < 4.78 is 1.74. The third-order valence-electron chi connectivity index (χ3n) is 2.34. The van der Waals surface area contributed by atoms with E-state index in [2.05, 4.69) is 0 Å². The van der Waals surface area contributed by atoms with Crippen LogP contribution in [-0.4, -0.2) is 49.3 Å². The first-order chi connectivity index (χ1) is 8.58. The molecule has 1 aromatic heterocycles. The fourth-order valence-corrected chi connectivity index (χ4v) is 1.62. The molecule has 0 saturated heterocycles. The first-order valence-electron chi connectivity index (χ1n) is 5.36. The van der Waals surface area contributed by atoms with Crippen molar-refractivity contribution in [2.45, 2.75) is 19.6 Å². The highest BCUT2D eigenvalue weighted by molar-refractivity contribution is 4.85. The molecule has 0 aliphatic carbocycles. The van der Waals surface area contributed by atoms with Gasteiger partial charge in [0.15, 0.2) is 0 Å². The van der Waals surface area contributed by atoms with E-state index >= 15 is 0 Å². The minimum absolute atomic E-state index is 0.106. The third-order valence-corrected chi connectivity index (χ3v) is 2.34. The quantitative estimate of drug-likeness (QED) is 0.450. The molecule has 0 aliphatic heterocycles. The van der Waals surface area contributed by atoms with Gasteiger partial charge in [0.05, 0.1) is 39.5 Å². The fourth-order valence-electron chi connectivity index (χ4n) is 1.62. The molecular formula is C9H15N3O6. The second-order valence-corrected chi connectivity index (χ2v) is 3.45. The van der Waals surface area contributed by atoms with E-state index in [9.17, 15) is 14.4 Å².